The fraction of sp³-hybridized carbons (Fsp3) is 0.423. The number of fused-ring (bicyclic) bond motifs is 1. The number of nitrogens with zero attached hydrogens (tertiary/aromatic N) is 3. The highest BCUT2D eigenvalue weighted by molar-refractivity contribution is 7.82. The molecule has 3 aromatic rings. The van der Waals surface area contributed by atoms with Gasteiger partial charge in [-0.1, -0.05) is 18.7 Å². The Labute approximate surface area is 223 Å². The average molecular weight is 552 g/mol. The van der Waals surface area contributed by atoms with E-state index >= 15 is 4.39 Å². The molecule has 1 fully saturated rings. The second-order valence-electron chi connectivity index (χ2n) is 9.47. The molecule has 0 radical (unpaired) electrons. The Balaban J connectivity index is 1.61. The molecule has 0 bridgehead atoms. The summed E-state index contributed by atoms with van der Waals surface area (Å²) in [5, 5.41) is 6.55. The molecule has 1 saturated heterocycles. The number of oxazole rings is 1. The van der Waals surface area contributed by atoms with E-state index in [1.165, 1.54) is 12.3 Å². The zero-order valence-corrected chi connectivity index (χ0v) is 21.9. The van der Waals surface area contributed by atoms with Crippen molar-refractivity contribution in [1.82, 2.24) is 20.2 Å². The van der Waals surface area contributed by atoms with E-state index in [0.29, 0.717) is 42.0 Å². The molecule has 4 rings (SSSR count). The summed E-state index contributed by atoms with van der Waals surface area (Å²) in [6.07, 6.45) is -3.59. The number of alkyl halides is 4. The minimum absolute atomic E-state index is 0.0755. The fourth-order valence-corrected chi connectivity index (χ4v) is 4.67. The lowest BCUT2D eigenvalue weighted by Gasteiger charge is -2.41. The summed E-state index contributed by atoms with van der Waals surface area (Å²) in [6.45, 7) is 5.92. The summed E-state index contributed by atoms with van der Waals surface area (Å²) in [5.74, 6) is -0.00101. The zero-order valence-electron chi connectivity index (χ0n) is 21.0. The molecule has 3 heterocycles. The van der Waals surface area contributed by atoms with Crippen LogP contribution in [0.5, 0.6) is 0 Å². The highest BCUT2D eigenvalue weighted by Gasteiger charge is 2.40. The number of piperidine rings is 1. The Morgan fingerprint density at radius 1 is 1.34 bits per heavy atom. The molecule has 0 aliphatic carbocycles. The molecule has 38 heavy (non-hydrogen) atoms. The minimum atomic E-state index is -4.69. The number of allylic oxidation sites excluding steroid dienone is 1. The van der Waals surface area contributed by atoms with Crippen molar-refractivity contribution in [2.45, 2.75) is 43.4 Å². The predicted molar refractivity (Wildman–Crippen MR) is 141 cm³/mol. The first-order valence-electron chi connectivity index (χ1n) is 12.1. The standard InChI is InChI=1S/C26H29F4N5O2S/c1-15(26(28,29)30)23-18-7-4-8-20(34-25(38)9-11-35(3)14-22(25)27)19(18)12-17(33-23)6-5-10-31-24(36)21-13-32-16(2)37-21/h4,7-8,12-13,22,34,38H,1,5-6,9-11,14H2,2-3H3,(H,31,36)/t22-,25+/m0/s1. The smallest absolute Gasteiger partial charge is 0.417 e. The number of halogens is 4. The van der Waals surface area contributed by atoms with Gasteiger partial charge in [-0.15, -0.1) is 12.6 Å². The van der Waals surface area contributed by atoms with Gasteiger partial charge in [-0.05, 0) is 38.4 Å². The van der Waals surface area contributed by atoms with Gasteiger partial charge in [0.25, 0.3) is 5.91 Å². The second-order valence-corrected chi connectivity index (χ2v) is 10.3. The topological polar surface area (TPSA) is 83.3 Å². The molecule has 204 valence electrons. The van der Waals surface area contributed by atoms with E-state index < -0.39 is 28.7 Å². The molecule has 0 spiro atoms. The lowest BCUT2D eigenvalue weighted by atomic mass is 9.98. The van der Waals surface area contributed by atoms with Crippen molar-refractivity contribution in [3.05, 3.63) is 60.1 Å². The van der Waals surface area contributed by atoms with Crippen molar-refractivity contribution >= 4 is 40.6 Å². The van der Waals surface area contributed by atoms with Crippen LogP contribution in [0.1, 0.15) is 40.7 Å². The monoisotopic (exact) mass is 551 g/mol. The third kappa shape index (κ3) is 6.12. The van der Waals surface area contributed by atoms with Gasteiger partial charge in [-0.3, -0.25) is 9.78 Å². The third-order valence-electron chi connectivity index (χ3n) is 6.51. The van der Waals surface area contributed by atoms with Crippen LogP contribution in [0.25, 0.3) is 16.3 Å². The van der Waals surface area contributed by atoms with Crippen molar-refractivity contribution in [2.75, 3.05) is 32.0 Å². The highest BCUT2D eigenvalue weighted by atomic mass is 32.1. The minimum Gasteiger partial charge on any atom is -0.436 e. The number of aromatic nitrogens is 2. The molecule has 12 heteroatoms. The van der Waals surface area contributed by atoms with Crippen LogP contribution in [0.3, 0.4) is 0 Å². The number of likely N-dealkylation sites (tertiary alicyclic amines) is 1. The van der Waals surface area contributed by atoms with Crippen LogP contribution in [0.4, 0.5) is 23.2 Å². The largest absolute Gasteiger partial charge is 0.436 e. The van der Waals surface area contributed by atoms with Crippen LogP contribution in [-0.4, -0.2) is 64.7 Å². The lowest BCUT2D eigenvalue weighted by Crippen LogP contribution is -2.53. The van der Waals surface area contributed by atoms with Gasteiger partial charge in [0.1, 0.15) is 11.0 Å². The molecular formula is C26H29F4N5O2S. The van der Waals surface area contributed by atoms with E-state index in [1.54, 1.807) is 25.1 Å². The first kappa shape index (κ1) is 27.9. The van der Waals surface area contributed by atoms with Crippen molar-refractivity contribution < 1.29 is 26.8 Å². The number of aryl methyl sites for hydroxylation is 2. The maximum atomic E-state index is 15.0. The van der Waals surface area contributed by atoms with E-state index in [1.807, 2.05) is 11.9 Å². The van der Waals surface area contributed by atoms with E-state index in [4.69, 9.17) is 4.42 Å². The Hall–Kier alpha value is -3.12. The van der Waals surface area contributed by atoms with Gasteiger partial charge in [0.05, 0.1) is 17.5 Å². The summed E-state index contributed by atoms with van der Waals surface area (Å²) in [7, 11) is 1.82. The zero-order chi connectivity index (χ0) is 27.7. The van der Waals surface area contributed by atoms with E-state index in [-0.39, 0.29) is 36.4 Å². The maximum absolute atomic E-state index is 15.0. The molecule has 2 aromatic heterocycles. The third-order valence-corrected chi connectivity index (χ3v) is 7.13. The van der Waals surface area contributed by atoms with Crippen molar-refractivity contribution in [2.24, 2.45) is 0 Å². The van der Waals surface area contributed by atoms with Crippen LogP contribution in [-0.2, 0) is 6.42 Å². The maximum Gasteiger partial charge on any atom is 0.417 e. The van der Waals surface area contributed by atoms with Crippen LogP contribution < -0.4 is 10.6 Å². The van der Waals surface area contributed by atoms with Gasteiger partial charge in [0, 0.05) is 48.7 Å². The van der Waals surface area contributed by atoms with Crippen LogP contribution in [0, 0.1) is 6.92 Å². The Morgan fingerprint density at radius 3 is 2.76 bits per heavy atom. The van der Waals surface area contributed by atoms with Gasteiger partial charge in [-0.25, -0.2) is 9.37 Å². The number of carbonyl (C=O) groups excluding carboxylic acids is 1. The van der Waals surface area contributed by atoms with Crippen LogP contribution >= 0.6 is 12.6 Å². The van der Waals surface area contributed by atoms with Crippen molar-refractivity contribution in [3.63, 3.8) is 0 Å². The normalized spacial score (nSPS) is 20.4. The average Bonchev–Trinajstić information content (AvgIpc) is 3.30. The molecule has 1 aliphatic heterocycles. The SMILES string of the molecule is C=C(c1nc(CCCNC(=O)c2cnc(C)o2)cc2c(N[C@@]3(S)CCN(C)C[C@@H]3F)cccc12)C(F)(F)F. The molecule has 0 unspecified atom stereocenters. The first-order valence-corrected chi connectivity index (χ1v) is 12.5. The second kappa shape index (κ2) is 10.9. The van der Waals surface area contributed by atoms with Gasteiger partial charge in [0.2, 0.25) is 5.76 Å². The number of amides is 1. The Kier molecular flexibility index (Phi) is 8.03. The summed E-state index contributed by atoms with van der Waals surface area (Å²) in [6, 6.07) is 6.51. The summed E-state index contributed by atoms with van der Waals surface area (Å²) in [5.41, 5.74) is -0.522. The van der Waals surface area contributed by atoms with Gasteiger partial charge in [0.15, 0.2) is 5.89 Å². The molecular weight excluding hydrogens is 522 g/mol. The number of rotatable bonds is 8. The molecule has 7 nitrogen and oxygen atoms in total. The predicted octanol–water partition coefficient (Wildman–Crippen LogP) is 5.18. The van der Waals surface area contributed by atoms with Crippen molar-refractivity contribution in [1.29, 1.82) is 0 Å². The number of hydrogen-bond donors (Lipinski definition) is 3. The number of benzene rings is 1. The van der Waals surface area contributed by atoms with Gasteiger partial charge < -0.3 is 20.0 Å². The molecule has 1 aliphatic rings. The van der Waals surface area contributed by atoms with Crippen LogP contribution in [0.15, 0.2) is 41.5 Å². The number of hydrogen-bond acceptors (Lipinski definition) is 7. The van der Waals surface area contributed by atoms with E-state index in [9.17, 15) is 18.0 Å². The number of carbonyl (C=O) groups is 1. The quantitative estimate of drug-likeness (QED) is 0.155. The summed E-state index contributed by atoms with van der Waals surface area (Å²) < 4.78 is 61.3. The van der Waals surface area contributed by atoms with Gasteiger partial charge in [-0.2, -0.15) is 13.2 Å². The number of thiol groups is 1. The highest BCUT2D eigenvalue weighted by Crippen LogP contribution is 2.39. The van der Waals surface area contributed by atoms with E-state index in [2.05, 4.69) is 39.8 Å². The molecule has 2 atom stereocenters. The van der Waals surface area contributed by atoms with Crippen molar-refractivity contribution in [3.8, 4) is 0 Å². The number of anilines is 1. The first-order chi connectivity index (χ1) is 17.9. The summed E-state index contributed by atoms with van der Waals surface area (Å²) >= 11 is 4.60. The molecule has 2 N–H and O–H groups in total. The van der Waals surface area contributed by atoms with Crippen LogP contribution in [0.2, 0.25) is 0 Å². The fourth-order valence-electron chi connectivity index (χ4n) is 4.36. The Morgan fingerprint density at radius 2 is 2.11 bits per heavy atom. The summed E-state index contributed by atoms with van der Waals surface area (Å²) in [4.78, 5) is 21.0. The molecule has 1 aromatic carbocycles. The molecule has 1 amide bonds. The lowest BCUT2D eigenvalue weighted by molar-refractivity contribution is -0.0688. The Bertz CT molecular complexity index is 1340. The number of pyridine rings is 1. The van der Waals surface area contributed by atoms with Gasteiger partial charge >= 0.3 is 6.18 Å². The molecule has 0 saturated carbocycles. The van der Waals surface area contributed by atoms with E-state index in [0.717, 1.165) is 0 Å². The number of nitrogens with one attached hydrogen (secondary N) is 2.